The molecule has 0 aliphatic carbocycles. The van der Waals surface area contributed by atoms with Crippen LogP contribution in [0.5, 0.6) is 0 Å². The Balaban J connectivity index is 3.38. The zero-order valence-electron chi connectivity index (χ0n) is 8.20. The largest absolute Gasteiger partial charge is 0.465 e. The van der Waals surface area contributed by atoms with Crippen molar-refractivity contribution in [2.24, 2.45) is 0 Å². The van der Waals surface area contributed by atoms with Gasteiger partial charge in [0.2, 0.25) is 0 Å². The van der Waals surface area contributed by atoms with E-state index in [9.17, 15) is 19.3 Å². The van der Waals surface area contributed by atoms with E-state index in [4.69, 9.17) is 11.6 Å². The molecule has 0 radical (unpaired) electrons. The maximum absolute atomic E-state index is 13.3. The predicted octanol–water partition coefficient (Wildman–Crippen LogP) is 2.26. The van der Waals surface area contributed by atoms with Gasteiger partial charge in [0.05, 0.1) is 17.9 Å². The molecule has 0 bridgehead atoms. The number of ether oxygens (including phenoxy) is 1. The zero-order chi connectivity index (χ0) is 12.3. The minimum atomic E-state index is -0.971. The van der Waals surface area contributed by atoms with E-state index in [0.29, 0.717) is 0 Å². The van der Waals surface area contributed by atoms with Crippen LogP contribution in [0.15, 0.2) is 12.1 Å². The van der Waals surface area contributed by atoms with Crippen LogP contribution in [0.25, 0.3) is 0 Å². The molecular formula is C9H7ClFNO4. The van der Waals surface area contributed by atoms with Gasteiger partial charge in [-0.3, -0.25) is 10.1 Å². The normalized spacial score (nSPS) is 9.94. The van der Waals surface area contributed by atoms with Gasteiger partial charge in [0.25, 0.3) is 5.69 Å². The lowest BCUT2D eigenvalue weighted by atomic mass is 10.1. The topological polar surface area (TPSA) is 69.4 Å². The second kappa shape index (κ2) is 4.89. The van der Waals surface area contributed by atoms with Crippen LogP contribution < -0.4 is 0 Å². The summed E-state index contributed by atoms with van der Waals surface area (Å²) in [6.45, 7) is 0. The molecule has 0 saturated heterocycles. The van der Waals surface area contributed by atoms with Crippen LogP contribution in [-0.2, 0) is 10.6 Å². The second-order valence-electron chi connectivity index (χ2n) is 2.84. The molecule has 86 valence electrons. The fourth-order valence-corrected chi connectivity index (χ4v) is 1.36. The van der Waals surface area contributed by atoms with Gasteiger partial charge >= 0.3 is 5.97 Å². The zero-order valence-corrected chi connectivity index (χ0v) is 8.95. The molecule has 5 nitrogen and oxygen atoms in total. The standard InChI is InChI=1S/C9H7ClFNO4/c1-16-9(13)6-3-8(12(14)15)5(4-10)2-7(6)11/h2-3H,4H2,1H3. The maximum Gasteiger partial charge on any atom is 0.341 e. The van der Waals surface area contributed by atoms with Crippen molar-refractivity contribution in [1.29, 1.82) is 0 Å². The highest BCUT2D eigenvalue weighted by Gasteiger charge is 2.21. The Bertz CT molecular complexity index is 449. The molecule has 16 heavy (non-hydrogen) atoms. The van der Waals surface area contributed by atoms with Crippen molar-refractivity contribution < 1.29 is 18.8 Å². The number of hydrogen-bond donors (Lipinski definition) is 0. The molecule has 0 spiro atoms. The van der Waals surface area contributed by atoms with Gasteiger partial charge in [-0.2, -0.15) is 0 Å². The van der Waals surface area contributed by atoms with Gasteiger partial charge in [0, 0.05) is 11.6 Å². The summed E-state index contributed by atoms with van der Waals surface area (Å²) in [6, 6.07) is 1.68. The SMILES string of the molecule is COC(=O)c1cc([N+](=O)[O-])c(CCl)cc1F. The van der Waals surface area contributed by atoms with Crippen LogP contribution in [0, 0.1) is 15.9 Å². The Labute approximate surface area is 94.9 Å². The van der Waals surface area contributed by atoms with Crippen molar-refractivity contribution in [1.82, 2.24) is 0 Å². The van der Waals surface area contributed by atoms with E-state index in [-0.39, 0.29) is 11.4 Å². The number of methoxy groups -OCH3 is 1. The van der Waals surface area contributed by atoms with Crippen molar-refractivity contribution >= 4 is 23.3 Å². The number of nitro groups is 1. The lowest BCUT2D eigenvalue weighted by Gasteiger charge is -2.04. The summed E-state index contributed by atoms with van der Waals surface area (Å²) in [6.07, 6.45) is 0. The fourth-order valence-electron chi connectivity index (χ4n) is 1.15. The van der Waals surface area contributed by atoms with E-state index in [0.717, 1.165) is 19.2 Å². The third-order valence-corrected chi connectivity index (χ3v) is 2.20. The van der Waals surface area contributed by atoms with Gasteiger partial charge in [-0.1, -0.05) is 0 Å². The molecule has 7 heteroatoms. The molecule has 0 unspecified atom stereocenters. The number of nitrogens with zero attached hydrogens (tertiary/aromatic N) is 1. The number of carbonyl (C=O) groups excluding carboxylic acids is 1. The Morgan fingerprint density at radius 1 is 1.62 bits per heavy atom. The number of rotatable bonds is 3. The van der Waals surface area contributed by atoms with E-state index >= 15 is 0 Å². The molecule has 0 atom stereocenters. The predicted molar refractivity (Wildman–Crippen MR) is 54.0 cm³/mol. The third kappa shape index (κ3) is 2.27. The number of esters is 1. The molecule has 0 aliphatic heterocycles. The van der Waals surface area contributed by atoms with Crippen molar-refractivity contribution in [3.63, 3.8) is 0 Å². The molecule has 0 amide bonds. The first-order valence-corrected chi connectivity index (χ1v) is 4.65. The summed E-state index contributed by atoms with van der Waals surface area (Å²) >= 11 is 5.43. The molecule has 0 heterocycles. The Morgan fingerprint density at radius 3 is 2.69 bits per heavy atom. The van der Waals surface area contributed by atoms with Gasteiger partial charge in [-0.15, -0.1) is 11.6 Å². The maximum atomic E-state index is 13.3. The third-order valence-electron chi connectivity index (χ3n) is 1.91. The van der Waals surface area contributed by atoms with Crippen LogP contribution >= 0.6 is 11.6 Å². The molecule has 1 rings (SSSR count). The van der Waals surface area contributed by atoms with E-state index in [1.165, 1.54) is 0 Å². The average Bonchev–Trinajstić information content (AvgIpc) is 2.27. The summed E-state index contributed by atoms with van der Waals surface area (Å²) in [5.74, 6) is -2.08. The Morgan fingerprint density at radius 2 is 2.25 bits per heavy atom. The molecular weight excluding hydrogens is 241 g/mol. The van der Waals surface area contributed by atoms with E-state index in [1.807, 2.05) is 0 Å². The first kappa shape index (κ1) is 12.4. The number of hydrogen-bond acceptors (Lipinski definition) is 4. The molecule has 0 fully saturated rings. The molecule has 1 aromatic carbocycles. The summed E-state index contributed by atoms with van der Waals surface area (Å²) in [4.78, 5) is 21.0. The van der Waals surface area contributed by atoms with E-state index in [1.54, 1.807) is 0 Å². The number of benzene rings is 1. The van der Waals surface area contributed by atoms with Gasteiger partial charge in [0.1, 0.15) is 11.4 Å². The molecule has 0 N–H and O–H groups in total. The van der Waals surface area contributed by atoms with Gasteiger partial charge in [0.15, 0.2) is 0 Å². The van der Waals surface area contributed by atoms with E-state index < -0.39 is 28.0 Å². The second-order valence-corrected chi connectivity index (χ2v) is 3.11. The van der Waals surface area contributed by atoms with Gasteiger partial charge < -0.3 is 4.74 Å². The highest BCUT2D eigenvalue weighted by molar-refractivity contribution is 6.17. The van der Waals surface area contributed by atoms with Crippen molar-refractivity contribution in [3.05, 3.63) is 39.2 Å². The lowest BCUT2D eigenvalue weighted by Crippen LogP contribution is -2.07. The number of nitro benzene ring substituents is 1. The Hall–Kier alpha value is -1.69. The van der Waals surface area contributed by atoms with Gasteiger partial charge in [-0.25, -0.2) is 9.18 Å². The summed E-state index contributed by atoms with van der Waals surface area (Å²) in [5, 5.41) is 10.6. The first-order valence-electron chi connectivity index (χ1n) is 4.12. The molecule has 1 aromatic rings. The Kier molecular flexibility index (Phi) is 3.78. The monoisotopic (exact) mass is 247 g/mol. The van der Waals surface area contributed by atoms with Crippen molar-refractivity contribution in [3.8, 4) is 0 Å². The van der Waals surface area contributed by atoms with E-state index in [2.05, 4.69) is 4.74 Å². The average molecular weight is 248 g/mol. The number of carbonyl (C=O) groups is 1. The highest BCUT2D eigenvalue weighted by Crippen LogP contribution is 2.24. The van der Waals surface area contributed by atoms with Crippen LogP contribution in [0.2, 0.25) is 0 Å². The van der Waals surface area contributed by atoms with Crippen molar-refractivity contribution in [2.75, 3.05) is 7.11 Å². The quantitative estimate of drug-likeness (QED) is 0.356. The number of alkyl halides is 1. The fraction of sp³-hybridized carbons (Fsp3) is 0.222. The minimum Gasteiger partial charge on any atom is -0.465 e. The first-order chi connectivity index (χ1) is 7.51. The van der Waals surface area contributed by atoms with Crippen LogP contribution in [0.4, 0.5) is 10.1 Å². The molecule has 0 aliphatic rings. The summed E-state index contributed by atoms with van der Waals surface area (Å²) < 4.78 is 17.6. The summed E-state index contributed by atoms with van der Waals surface area (Å²) in [7, 11) is 1.06. The van der Waals surface area contributed by atoms with Crippen molar-refractivity contribution in [2.45, 2.75) is 5.88 Å². The minimum absolute atomic E-state index is 0.0109. The number of halogens is 2. The lowest BCUT2D eigenvalue weighted by molar-refractivity contribution is -0.385. The van der Waals surface area contributed by atoms with Gasteiger partial charge in [-0.05, 0) is 6.07 Å². The summed E-state index contributed by atoms with van der Waals surface area (Å²) in [5.41, 5.74) is -0.878. The smallest absolute Gasteiger partial charge is 0.341 e. The van der Waals surface area contributed by atoms with Crippen LogP contribution in [0.1, 0.15) is 15.9 Å². The molecule has 0 saturated carbocycles. The van der Waals surface area contributed by atoms with Crippen LogP contribution in [-0.4, -0.2) is 18.0 Å². The highest BCUT2D eigenvalue weighted by atomic mass is 35.5. The molecule has 0 aromatic heterocycles. The van der Waals surface area contributed by atoms with Crippen LogP contribution in [0.3, 0.4) is 0 Å².